The number of hydrogen-bond acceptors (Lipinski definition) is 3. The minimum atomic E-state index is -0.185. The smallest absolute Gasteiger partial charge is 0.309 e. The quantitative estimate of drug-likeness (QED) is 0.771. The van der Waals surface area contributed by atoms with E-state index in [1.807, 2.05) is 45.0 Å². The third-order valence-corrected chi connectivity index (χ3v) is 3.03. The molecule has 1 aliphatic rings. The van der Waals surface area contributed by atoms with Crippen molar-refractivity contribution in [3.8, 4) is 5.75 Å². The van der Waals surface area contributed by atoms with E-state index < -0.39 is 0 Å². The third kappa shape index (κ3) is 3.03. The van der Waals surface area contributed by atoms with Crippen molar-refractivity contribution in [2.75, 3.05) is 7.11 Å². The maximum Gasteiger partial charge on any atom is 0.309 e. The summed E-state index contributed by atoms with van der Waals surface area (Å²) in [6, 6.07) is 8.00. The number of carbonyl (C=O) groups excluding carboxylic acids is 1. The predicted octanol–water partition coefficient (Wildman–Crippen LogP) is 3.14. The van der Waals surface area contributed by atoms with E-state index in [0.29, 0.717) is 5.92 Å². The van der Waals surface area contributed by atoms with Gasteiger partial charge in [-0.3, -0.25) is 4.79 Å². The van der Waals surface area contributed by atoms with Crippen LogP contribution in [0.5, 0.6) is 5.75 Å². The molecule has 0 saturated heterocycles. The summed E-state index contributed by atoms with van der Waals surface area (Å²) in [6.07, 6.45) is 0.895. The fourth-order valence-corrected chi connectivity index (χ4v) is 2.11. The zero-order valence-corrected chi connectivity index (χ0v) is 11.4. The molecular weight excluding hydrogens is 228 g/mol. The molecule has 0 aliphatic heterocycles. The van der Waals surface area contributed by atoms with Crippen LogP contribution in [0.15, 0.2) is 24.3 Å². The van der Waals surface area contributed by atoms with Gasteiger partial charge in [0.15, 0.2) is 0 Å². The largest absolute Gasteiger partial charge is 0.488 e. The third-order valence-electron chi connectivity index (χ3n) is 3.03. The summed E-state index contributed by atoms with van der Waals surface area (Å²) in [6.45, 7) is 6.07. The van der Waals surface area contributed by atoms with Crippen molar-refractivity contribution in [1.82, 2.24) is 0 Å². The molecule has 0 radical (unpaired) electrons. The molecule has 0 amide bonds. The zero-order chi connectivity index (χ0) is 13.3. The normalized spacial score (nSPS) is 22.4. The van der Waals surface area contributed by atoms with E-state index in [1.165, 1.54) is 12.7 Å². The summed E-state index contributed by atoms with van der Waals surface area (Å²) in [5.41, 5.74) is 1.00. The van der Waals surface area contributed by atoms with Crippen molar-refractivity contribution in [2.24, 2.45) is 5.92 Å². The van der Waals surface area contributed by atoms with Crippen LogP contribution in [0.4, 0.5) is 0 Å². The lowest BCUT2D eigenvalue weighted by atomic mass is 10.1. The minimum absolute atomic E-state index is 0.0457. The lowest BCUT2D eigenvalue weighted by molar-refractivity contribution is -0.142. The van der Waals surface area contributed by atoms with Gasteiger partial charge in [-0.05, 0) is 50.8 Å². The number of ether oxygens (including phenoxy) is 2. The molecule has 0 unspecified atom stereocenters. The molecule has 1 aromatic rings. The van der Waals surface area contributed by atoms with Gasteiger partial charge < -0.3 is 9.47 Å². The van der Waals surface area contributed by atoms with Crippen LogP contribution in [-0.2, 0) is 9.53 Å². The monoisotopic (exact) mass is 248 g/mol. The van der Waals surface area contributed by atoms with E-state index in [9.17, 15) is 4.79 Å². The van der Waals surface area contributed by atoms with Crippen LogP contribution in [0.2, 0.25) is 0 Å². The molecule has 1 fully saturated rings. The number of rotatable bonds is 3. The van der Waals surface area contributed by atoms with Crippen LogP contribution in [0.1, 0.15) is 38.7 Å². The van der Waals surface area contributed by atoms with Gasteiger partial charge in [0.2, 0.25) is 0 Å². The second-order valence-electron chi connectivity index (χ2n) is 5.76. The van der Waals surface area contributed by atoms with E-state index in [0.717, 1.165) is 12.2 Å². The maximum atomic E-state index is 11.4. The summed E-state index contributed by atoms with van der Waals surface area (Å²) < 4.78 is 10.5. The molecule has 3 heteroatoms. The van der Waals surface area contributed by atoms with Gasteiger partial charge in [-0.2, -0.15) is 0 Å². The molecule has 0 bridgehead atoms. The molecule has 0 heterocycles. The molecule has 1 saturated carbocycles. The summed E-state index contributed by atoms with van der Waals surface area (Å²) >= 11 is 0. The lowest BCUT2D eigenvalue weighted by Crippen LogP contribution is -2.22. The van der Waals surface area contributed by atoms with Crippen LogP contribution >= 0.6 is 0 Å². The number of carbonyl (C=O) groups is 1. The molecule has 0 aromatic heterocycles. The highest BCUT2D eigenvalue weighted by Crippen LogP contribution is 2.48. The van der Waals surface area contributed by atoms with E-state index in [4.69, 9.17) is 9.47 Å². The first-order valence-electron chi connectivity index (χ1n) is 6.27. The van der Waals surface area contributed by atoms with Gasteiger partial charge in [-0.15, -0.1) is 0 Å². The minimum Gasteiger partial charge on any atom is -0.488 e. The fourth-order valence-electron chi connectivity index (χ4n) is 2.11. The topological polar surface area (TPSA) is 35.5 Å². The Morgan fingerprint density at radius 2 is 1.83 bits per heavy atom. The van der Waals surface area contributed by atoms with Crippen molar-refractivity contribution in [3.05, 3.63) is 29.8 Å². The molecule has 98 valence electrons. The van der Waals surface area contributed by atoms with Gasteiger partial charge in [0.05, 0.1) is 13.0 Å². The fraction of sp³-hybridized carbons (Fsp3) is 0.533. The molecule has 1 aromatic carbocycles. The SMILES string of the molecule is COC(=O)[C@@H]1C[C@H]1c1ccc(OC(C)(C)C)cc1. The van der Waals surface area contributed by atoms with E-state index in [-0.39, 0.29) is 17.5 Å². The number of esters is 1. The second-order valence-corrected chi connectivity index (χ2v) is 5.76. The first-order chi connectivity index (χ1) is 8.40. The molecule has 2 atom stereocenters. The predicted molar refractivity (Wildman–Crippen MR) is 69.7 cm³/mol. The first-order valence-corrected chi connectivity index (χ1v) is 6.27. The number of methoxy groups -OCH3 is 1. The summed E-state index contributed by atoms with van der Waals surface area (Å²) in [5, 5.41) is 0. The Kier molecular flexibility index (Phi) is 3.33. The van der Waals surface area contributed by atoms with Crippen LogP contribution in [0.25, 0.3) is 0 Å². The summed E-state index contributed by atoms with van der Waals surface area (Å²) in [5.74, 6) is 1.13. The van der Waals surface area contributed by atoms with E-state index in [1.54, 1.807) is 0 Å². The van der Waals surface area contributed by atoms with Crippen molar-refractivity contribution in [1.29, 1.82) is 0 Å². The Balaban J connectivity index is 1.99. The van der Waals surface area contributed by atoms with E-state index in [2.05, 4.69) is 0 Å². The standard InChI is InChI=1S/C15H20O3/c1-15(2,3)18-11-7-5-10(6-8-11)12-9-13(12)14(16)17-4/h5-8,12-13H,9H2,1-4H3/t12-,13+/m0/s1. The Bertz CT molecular complexity index is 428. The molecule has 1 aliphatic carbocycles. The number of benzene rings is 1. The van der Waals surface area contributed by atoms with Crippen molar-refractivity contribution >= 4 is 5.97 Å². The molecular formula is C15H20O3. The second kappa shape index (κ2) is 4.63. The Hall–Kier alpha value is -1.51. The first kappa shape index (κ1) is 12.9. The molecule has 0 spiro atoms. The van der Waals surface area contributed by atoms with Gasteiger partial charge in [0.25, 0.3) is 0 Å². The van der Waals surface area contributed by atoms with Gasteiger partial charge in [-0.25, -0.2) is 0 Å². The van der Waals surface area contributed by atoms with Crippen molar-refractivity contribution in [2.45, 2.75) is 38.7 Å². The van der Waals surface area contributed by atoms with Crippen LogP contribution in [0, 0.1) is 5.92 Å². The van der Waals surface area contributed by atoms with Gasteiger partial charge in [0, 0.05) is 0 Å². The summed E-state index contributed by atoms with van der Waals surface area (Å²) in [4.78, 5) is 11.4. The van der Waals surface area contributed by atoms with Crippen LogP contribution < -0.4 is 4.74 Å². The highest BCUT2D eigenvalue weighted by Gasteiger charge is 2.44. The Labute approximate surface area is 108 Å². The van der Waals surface area contributed by atoms with Gasteiger partial charge in [-0.1, -0.05) is 12.1 Å². The average molecular weight is 248 g/mol. The maximum absolute atomic E-state index is 11.4. The molecule has 18 heavy (non-hydrogen) atoms. The van der Waals surface area contributed by atoms with Crippen LogP contribution in [-0.4, -0.2) is 18.7 Å². The lowest BCUT2D eigenvalue weighted by Gasteiger charge is -2.21. The molecule has 3 nitrogen and oxygen atoms in total. The zero-order valence-electron chi connectivity index (χ0n) is 11.4. The van der Waals surface area contributed by atoms with Gasteiger partial charge >= 0.3 is 5.97 Å². The highest BCUT2D eigenvalue weighted by atomic mass is 16.5. The van der Waals surface area contributed by atoms with E-state index >= 15 is 0 Å². The Morgan fingerprint density at radius 3 is 2.33 bits per heavy atom. The molecule has 0 N–H and O–H groups in total. The number of hydrogen-bond donors (Lipinski definition) is 0. The molecule has 2 rings (SSSR count). The average Bonchev–Trinajstić information content (AvgIpc) is 3.07. The van der Waals surface area contributed by atoms with Gasteiger partial charge in [0.1, 0.15) is 11.4 Å². The van der Waals surface area contributed by atoms with Crippen molar-refractivity contribution < 1.29 is 14.3 Å². The Morgan fingerprint density at radius 1 is 1.22 bits per heavy atom. The van der Waals surface area contributed by atoms with Crippen LogP contribution in [0.3, 0.4) is 0 Å². The summed E-state index contributed by atoms with van der Waals surface area (Å²) in [7, 11) is 1.44. The highest BCUT2D eigenvalue weighted by molar-refractivity contribution is 5.77. The van der Waals surface area contributed by atoms with Crippen molar-refractivity contribution in [3.63, 3.8) is 0 Å².